The zero-order valence-electron chi connectivity index (χ0n) is 14.6. The Kier molecular flexibility index (Phi) is 8.22. The normalized spacial score (nSPS) is 17.1. The van der Waals surface area contributed by atoms with Crippen molar-refractivity contribution in [3.8, 4) is 0 Å². The maximum Gasteiger partial charge on any atom is 0.416 e. The first kappa shape index (κ1) is 21.8. The number of nitrogens with one attached hydrogen (secondary N) is 1. The Morgan fingerprint density at radius 3 is 2.28 bits per heavy atom. The summed E-state index contributed by atoms with van der Waals surface area (Å²) in [5.41, 5.74) is 0.103. The van der Waals surface area contributed by atoms with Gasteiger partial charge in [0.25, 0.3) is 0 Å². The number of halogens is 4. The second-order valence-electron chi connectivity index (χ2n) is 6.63. The minimum Gasteiger partial charge on any atom is -0.342 e. The Hall–Kier alpha value is -1.27. The van der Waals surface area contributed by atoms with Gasteiger partial charge in [-0.1, -0.05) is 19.1 Å². The van der Waals surface area contributed by atoms with Crippen LogP contribution in [0.2, 0.25) is 0 Å². The third-order valence-electron chi connectivity index (χ3n) is 4.66. The highest BCUT2D eigenvalue weighted by atomic mass is 35.5. The van der Waals surface area contributed by atoms with E-state index in [1.807, 2.05) is 18.9 Å². The molecule has 1 unspecified atom stereocenters. The summed E-state index contributed by atoms with van der Waals surface area (Å²) in [6.45, 7) is 4.36. The van der Waals surface area contributed by atoms with E-state index in [9.17, 15) is 18.0 Å². The minimum absolute atomic E-state index is 0. The van der Waals surface area contributed by atoms with Crippen molar-refractivity contribution in [2.45, 2.75) is 32.4 Å². The van der Waals surface area contributed by atoms with E-state index in [2.05, 4.69) is 5.32 Å². The third-order valence-corrected chi connectivity index (χ3v) is 4.66. The average Bonchev–Trinajstić information content (AvgIpc) is 2.55. The van der Waals surface area contributed by atoms with Crippen LogP contribution in [0, 0.1) is 11.8 Å². The van der Waals surface area contributed by atoms with Crippen LogP contribution in [0.5, 0.6) is 0 Å². The van der Waals surface area contributed by atoms with Crippen LogP contribution >= 0.6 is 12.4 Å². The topological polar surface area (TPSA) is 32.3 Å². The first-order chi connectivity index (χ1) is 11.3. The number of nitrogens with zero attached hydrogens (tertiary/aromatic N) is 1. The number of amides is 1. The molecule has 1 saturated heterocycles. The van der Waals surface area contributed by atoms with Crippen molar-refractivity contribution in [2.75, 3.05) is 26.7 Å². The van der Waals surface area contributed by atoms with Crippen LogP contribution in [0.25, 0.3) is 0 Å². The molecule has 0 saturated carbocycles. The van der Waals surface area contributed by atoms with Gasteiger partial charge in [-0.2, -0.15) is 13.2 Å². The predicted octanol–water partition coefficient (Wildman–Crippen LogP) is 3.76. The standard InChI is InChI=1S/C18H25F3N2O.ClH/c1-13(11-14-3-5-16(6-4-14)18(19,20)21)17(24)23-9-7-15(8-10-23)12-22-2;/h3-6,13,15,22H,7-12H2,1-2H3;1H. The molecule has 0 aromatic heterocycles. The van der Waals surface area contributed by atoms with Crippen molar-refractivity contribution in [1.82, 2.24) is 10.2 Å². The second kappa shape index (κ2) is 9.43. The number of piperidine rings is 1. The molecule has 7 heteroatoms. The molecule has 1 heterocycles. The maximum atomic E-state index is 12.6. The SMILES string of the molecule is CNCC1CCN(C(=O)C(C)Cc2ccc(C(F)(F)F)cc2)CC1.Cl. The highest BCUT2D eigenvalue weighted by molar-refractivity contribution is 5.85. The number of hydrogen-bond acceptors (Lipinski definition) is 2. The van der Waals surface area contributed by atoms with Crippen LogP contribution in [-0.4, -0.2) is 37.5 Å². The monoisotopic (exact) mass is 378 g/mol. The van der Waals surface area contributed by atoms with E-state index >= 15 is 0 Å². The van der Waals surface area contributed by atoms with E-state index in [0.717, 1.165) is 50.2 Å². The van der Waals surface area contributed by atoms with Gasteiger partial charge in [-0.25, -0.2) is 0 Å². The molecular weight excluding hydrogens is 353 g/mol. The lowest BCUT2D eigenvalue weighted by molar-refractivity contribution is -0.138. The molecule has 142 valence electrons. The molecule has 2 rings (SSSR count). The summed E-state index contributed by atoms with van der Waals surface area (Å²) in [5.74, 6) is 0.490. The Bertz CT molecular complexity index is 540. The van der Waals surface area contributed by atoms with Crippen molar-refractivity contribution in [3.63, 3.8) is 0 Å². The Morgan fingerprint density at radius 2 is 1.80 bits per heavy atom. The minimum atomic E-state index is -4.32. The smallest absolute Gasteiger partial charge is 0.342 e. The van der Waals surface area contributed by atoms with Crippen molar-refractivity contribution >= 4 is 18.3 Å². The third kappa shape index (κ3) is 6.19. The van der Waals surface area contributed by atoms with E-state index in [4.69, 9.17) is 0 Å². The molecule has 0 aliphatic carbocycles. The van der Waals surface area contributed by atoms with E-state index < -0.39 is 11.7 Å². The maximum absolute atomic E-state index is 12.6. The van der Waals surface area contributed by atoms with Gasteiger partial charge in [0, 0.05) is 19.0 Å². The summed E-state index contributed by atoms with van der Waals surface area (Å²) in [6, 6.07) is 5.09. The van der Waals surface area contributed by atoms with E-state index in [0.29, 0.717) is 12.3 Å². The quantitative estimate of drug-likeness (QED) is 0.846. The molecule has 1 fully saturated rings. The van der Waals surface area contributed by atoms with E-state index in [1.165, 1.54) is 12.1 Å². The lowest BCUT2D eigenvalue weighted by Gasteiger charge is -2.33. The predicted molar refractivity (Wildman–Crippen MR) is 94.8 cm³/mol. The molecule has 0 radical (unpaired) electrons. The Morgan fingerprint density at radius 1 is 1.24 bits per heavy atom. The summed E-state index contributed by atoms with van der Waals surface area (Å²) in [4.78, 5) is 14.4. The van der Waals surface area contributed by atoms with E-state index in [1.54, 1.807) is 0 Å². The van der Waals surface area contributed by atoms with Crippen LogP contribution < -0.4 is 5.32 Å². The number of benzene rings is 1. The molecule has 1 aliphatic rings. The van der Waals surface area contributed by atoms with Crippen molar-refractivity contribution in [2.24, 2.45) is 11.8 Å². The van der Waals surface area contributed by atoms with Crippen molar-refractivity contribution in [1.29, 1.82) is 0 Å². The first-order valence-corrected chi connectivity index (χ1v) is 8.40. The molecule has 3 nitrogen and oxygen atoms in total. The van der Waals surface area contributed by atoms with Gasteiger partial charge in [-0.05, 0) is 56.5 Å². The van der Waals surface area contributed by atoms with Crippen LogP contribution in [0.1, 0.15) is 30.9 Å². The fourth-order valence-electron chi connectivity index (χ4n) is 3.23. The zero-order valence-corrected chi connectivity index (χ0v) is 15.4. The highest BCUT2D eigenvalue weighted by Gasteiger charge is 2.30. The molecular formula is C18H26ClF3N2O. The summed E-state index contributed by atoms with van der Waals surface area (Å²) >= 11 is 0. The van der Waals surface area contributed by atoms with Gasteiger partial charge in [0.05, 0.1) is 5.56 Å². The zero-order chi connectivity index (χ0) is 17.7. The number of carbonyl (C=O) groups is 1. The van der Waals surface area contributed by atoms with Gasteiger partial charge in [0.2, 0.25) is 5.91 Å². The number of rotatable bonds is 5. The summed E-state index contributed by atoms with van der Waals surface area (Å²) < 4.78 is 37.7. The first-order valence-electron chi connectivity index (χ1n) is 8.40. The van der Waals surface area contributed by atoms with Gasteiger partial charge in [0.1, 0.15) is 0 Å². The van der Waals surface area contributed by atoms with Gasteiger partial charge >= 0.3 is 6.18 Å². The lowest BCUT2D eigenvalue weighted by Crippen LogP contribution is -2.43. The summed E-state index contributed by atoms with van der Waals surface area (Å²) in [6.07, 6.45) is -1.86. The van der Waals surface area contributed by atoms with Crippen LogP contribution in [0.4, 0.5) is 13.2 Å². The average molecular weight is 379 g/mol. The number of alkyl halides is 3. The van der Waals surface area contributed by atoms with Gasteiger partial charge in [0.15, 0.2) is 0 Å². The fraction of sp³-hybridized carbons (Fsp3) is 0.611. The Balaban J connectivity index is 0.00000312. The van der Waals surface area contributed by atoms with Crippen LogP contribution in [-0.2, 0) is 17.4 Å². The van der Waals surface area contributed by atoms with Gasteiger partial charge < -0.3 is 10.2 Å². The van der Waals surface area contributed by atoms with Gasteiger partial charge in [-0.15, -0.1) is 12.4 Å². The molecule has 1 aromatic rings. The Labute approximate surface area is 153 Å². The molecule has 1 aromatic carbocycles. The lowest BCUT2D eigenvalue weighted by atomic mass is 9.94. The number of likely N-dealkylation sites (tertiary alicyclic amines) is 1. The fourth-order valence-corrected chi connectivity index (χ4v) is 3.23. The molecule has 0 bridgehead atoms. The van der Waals surface area contributed by atoms with Gasteiger partial charge in [-0.3, -0.25) is 4.79 Å². The molecule has 1 aliphatic heterocycles. The second-order valence-corrected chi connectivity index (χ2v) is 6.63. The largest absolute Gasteiger partial charge is 0.416 e. The molecule has 0 spiro atoms. The number of carbonyl (C=O) groups excluding carboxylic acids is 1. The molecule has 1 amide bonds. The molecule has 1 atom stereocenters. The van der Waals surface area contributed by atoms with E-state index in [-0.39, 0.29) is 24.2 Å². The summed E-state index contributed by atoms with van der Waals surface area (Å²) in [7, 11) is 1.93. The van der Waals surface area contributed by atoms with Crippen molar-refractivity contribution < 1.29 is 18.0 Å². The summed E-state index contributed by atoms with van der Waals surface area (Å²) in [5, 5.41) is 3.17. The van der Waals surface area contributed by atoms with Crippen LogP contribution in [0.3, 0.4) is 0 Å². The molecule has 25 heavy (non-hydrogen) atoms. The number of hydrogen-bond donors (Lipinski definition) is 1. The highest BCUT2D eigenvalue weighted by Crippen LogP contribution is 2.29. The molecule has 1 N–H and O–H groups in total. The van der Waals surface area contributed by atoms with Crippen molar-refractivity contribution in [3.05, 3.63) is 35.4 Å². The van der Waals surface area contributed by atoms with Crippen LogP contribution in [0.15, 0.2) is 24.3 Å².